The first-order valence-electron chi connectivity index (χ1n) is 7.21. The highest BCUT2D eigenvalue weighted by molar-refractivity contribution is 5.77. The molecule has 0 radical (unpaired) electrons. The molecule has 1 aromatic carbocycles. The molecule has 1 aliphatic rings. The van der Waals surface area contributed by atoms with E-state index in [9.17, 15) is 9.90 Å². The zero-order chi connectivity index (χ0) is 14.4. The number of rotatable bonds is 6. The molecule has 1 aromatic rings. The van der Waals surface area contributed by atoms with Crippen molar-refractivity contribution in [2.45, 2.75) is 32.6 Å². The summed E-state index contributed by atoms with van der Waals surface area (Å²) in [6.07, 6.45) is 4.25. The van der Waals surface area contributed by atoms with Crippen LogP contribution in [0.4, 0.5) is 0 Å². The SMILES string of the molecule is Cc1ccccc1OCC(=O)NCC1(CO)CCCC1. The number of aryl methyl sites for hydroxylation is 1. The molecule has 1 fully saturated rings. The number of nitrogens with one attached hydrogen (secondary N) is 1. The van der Waals surface area contributed by atoms with Gasteiger partial charge in [0.1, 0.15) is 5.75 Å². The molecule has 4 heteroatoms. The number of carbonyl (C=O) groups excluding carboxylic acids is 1. The Kier molecular flexibility index (Phi) is 5.01. The van der Waals surface area contributed by atoms with E-state index in [1.54, 1.807) is 0 Å². The number of para-hydroxylation sites is 1. The molecule has 0 atom stereocenters. The van der Waals surface area contributed by atoms with Crippen molar-refractivity contribution >= 4 is 5.91 Å². The smallest absolute Gasteiger partial charge is 0.257 e. The molecule has 20 heavy (non-hydrogen) atoms. The summed E-state index contributed by atoms with van der Waals surface area (Å²) in [5, 5.41) is 12.4. The largest absolute Gasteiger partial charge is 0.484 e. The highest BCUT2D eigenvalue weighted by Gasteiger charge is 2.33. The highest BCUT2D eigenvalue weighted by Crippen LogP contribution is 2.36. The van der Waals surface area contributed by atoms with Gasteiger partial charge in [0, 0.05) is 12.0 Å². The lowest BCUT2D eigenvalue weighted by Gasteiger charge is -2.26. The summed E-state index contributed by atoms with van der Waals surface area (Å²) in [7, 11) is 0. The Morgan fingerprint density at radius 1 is 1.35 bits per heavy atom. The summed E-state index contributed by atoms with van der Waals surface area (Å²) >= 11 is 0. The monoisotopic (exact) mass is 277 g/mol. The maximum Gasteiger partial charge on any atom is 0.257 e. The zero-order valence-corrected chi connectivity index (χ0v) is 12.0. The third kappa shape index (κ3) is 3.73. The maximum absolute atomic E-state index is 11.8. The van der Waals surface area contributed by atoms with Crippen LogP contribution in [-0.4, -0.2) is 30.8 Å². The van der Waals surface area contributed by atoms with Crippen LogP contribution in [0.2, 0.25) is 0 Å². The molecule has 2 rings (SSSR count). The van der Waals surface area contributed by atoms with E-state index in [0.717, 1.165) is 37.0 Å². The molecule has 0 unspecified atom stereocenters. The molecule has 4 nitrogen and oxygen atoms in total. The third-order valence-electron chi connectivity index (χ3n) is 4.11. The van der Waals surface area contributed by atoms with Crippen LogP contribution in [0.1, 0.15) is 31.2 Å². The van der Waals surface area contributed by atoms with E-state index in [4.69, 9.17) is 4.74 Å². The van der Waals surface area contributed by atoms with E-state index in [-0.39, 0.29) is 24.5 Å². The predicted molar refractivity (Wildman–Crippen MR) is 77.7 cm³/mol. The van der Waals surface area contributed by atoms with E-state index in [2.05, 4.69) is 5.32 Å². The molecule has 0 aliphatic heterocycles. The van der Waals surface area contributed by atoms with Crippen LogP contribution in [0.5, 0.6) is 5.75 Å². The Balaban J connectivity index is 1.77. The molecule has 0 bridgehead atoms. The van der Waals surface area contributed by atoms with Crippen LogP contribution in [0.15, 0.2) is 24.3 Å². The molecule has 0 saturated heterocycles. The Morgan fingerprint density at radius 3 is 2.70 bits per heavy atom. The molecular weight excluding hydrogens is 254 g/mol. The van der Waals surface area contributed by atoms with Gasteiger partial charge >= 0.3 is 0 Å². The predicted octanol–water partition coefficient (Wildman–Crippen LogP) is 2.04. The first-order chi connectivity index (χ1) is 9.65. The van der Waals surface area contributed by atoms with Gasteiger partial charge in [-0.2, -0.15) is 0 Å². The van der Waals surface area contributed by atoms with E-state index in [0.29, 0.717) is 6.54 Å². The van der Waals surface area contributed by atoms with E-state index >= 15 is 0 Å². The fraction of sp³-hybridized carbons (Fsp3) is 0.562. The van der Waals surface area contributed by atoms with Crippen molar-refractivity contribution in [3.63, 3.8) is 0 Å². The number of hydrogen-bond acceptors (Lipinski definition) is 3. The van der Waals surface area contributed by atoms with Gasteiger partial charge in [0.25, 0.3) is 5.91 Å². The summed E-state index contributed by atoms with van der Waals surface area (Å²) in [5.41, 5.74) is 0.904. The summed E-state index contributed by atoms with van der Waals surface area (Å²) in [4.78, 5) is 11.8. The Morgan fingerprint density at radius 2 is 2.05 bits per heavy atom. The van der Waals surface area contributed by atoms with Gasteiger partial charge in [0.05, 0.1) is 6.61 Å². The molecule has 110 valence electrons. The fourth-order valence-corrected chi connectivity index (χ4v) is 2.71. The first-order valence-corrected chi connectivity index (χ1v) is 7.21. The Hall–Kier alpha value is -1.55. The summed E-state index contributed by atoms with van der Waals surface area (Å²) in [6, 6.07) is 7.63. The number of aliphatic hydroxyl groups excluding tert-OH is 1. The van der Waals surface area contributed by atoms with Crippen molar-refractivity contribution < 1.29 is 14.6 Å². The van der Waals surface area contributed by atoms with Gasteiger partial charge < -0.3 is 15.2 Å². The van der Waals surface area contributed by atoms with Crippen LogP contribution in [0.25, 0.3) is 0 Å². The first kappa shape index (κ1) is 14.9. The van der Waals surface area contributed by atoms with Crippen molar-refractivity contribution in [2.24, 2.45) is 5.41 Å². The highest BCUT2D eigenvalue weighted by atomic mass is 16.5. The van der Waals surface area contributed by atoms with E-state index in [1.165, 1.54) is 0 Å². The van der Waals surface area contributed by atoms with Crippen LogP contribution < -0.4 is 10.1 Å². The summed E-state index contributed by atoms with van der Waals surface area (Å²) in [6.45, 7) is 2.66. The molecule has 0 heterocycles. The second-order valence-corrected chi connectivity index (χ2v) is 5.70. The number of ether oxygens (including phenoxy) is 1. The summed E-state index contributed by atoms with van der Waals surface area (Å²) < 4.78 is 5.51. The van der Waals surface area contributed by atoms with Gasteiger partial charge in [-0.1, -0.05) is 31.0 Å². The van der Waals surface area contributed by atoms with Gasteiger partial charge in [-0.05, 0) is 31.4 Å². The minimum atomic E-state index is -0.132. The Bertz CT molecular complexity index is 453. The molecule has 1 saturated carbocycles. The van der Waals surface area contributed by atoms with Crippen molar-refractivity contribution in [1.29, 1.82) is 0 Å². The van der Waals surface area contributed by atoms with Crippen LogP contribution >= 0.6 is 0 Å². The Labute approximate surface area is 120 Å². The van der Waals surface area contributed by atoms with Crippen LogP contribution in [0, 0.1) is 12.3 Å². The minimum Gasteiger partial charge on any atom is -0.484 e. The lowest BCUT2D eigenvalue weighted by Crippen LogP contribution is -2.40. The van der Waals surface area contributed by atoms with Gasteiger partial charge in [-0.3, -0.25) is 4.79 Å². The quantitative estimate of drug-likeness (QED) is 0.836. The van der Waals surface area contributed by atoms with Crippen molar-refractivity contribution in [1.82, 2.24) is 5.32 Å². The van der Waals surface area contributed by atoms with Crippen molar-refractivity contribution in [3.05, 3.63) is 29.8 Å². The minimum absolute atomic E-state index is 0.0202. The lowest BCUT2D eigenvalue weighted by atomic mass is 9.87. The molecule has 0 aromatic heterocycles. The summed E-state index contributed by atoms with van der Waals surface area (Å²) in [5.74, 6) is 0.605. The molecule has 1 aliphatic carbocycles. The third-order valence-corrected chi connectivity index (χ3v) is 4.11. The van der Waals surface area contributed by atoms with Gasteiger partial charge in [-0.15, -0.1) is 0 Å². The topological polar surface area (TPSA) is 58.6 Å². The molecule has 2 N–H and O–H groups in total. The number of aliphatic hydroxyl groups is 1. The normalized spacial score (nSPS) is 16.9. The van der Waals surface area contributed by atoms with Crippen LogP contribution in [-0.2, 0) is 4.79 Å². The second kappa shape index (κ2) is 6.75. The molecule has 0 spiro atoms. The number of amides is 1. The van der Waals surface area contributed by atoms with Gasteiger partial charge in [0.15, 0.2) is 6.61 Å². The van der Waals surface area contributed by atoms with Gasteiger partial charge in [-0.25, -0.2) is 0 Å². The van der Waals surface area contributed by atoms with Crippen LogP contribution in [0.3, 0.4) is 0 Å². The number of carbonyl (C=O) groups is 1. The second-order valence-electron chi connectivity index (χ2n) is 5.70. The number of benzene rings is 1. The zero-order valence-electron chi connectivity index (χ0n) is 12.0. The molecule has 1 amide bonds. The van der Waals surface area contributed by atoms with E-state index in [1.807, 2.05) is 31.2 Å². The van der Waals surface area contributed by atoms with Gasteiger partial charge in [0.2, 0.25) is 0 Å². The maximum atomic E-state index is 11.8. The standard InChI is InChI=1S/C16H23NO3/c1-13-6-2-3-7-14(13)20-10-15(19)17-11-16(12-18)8-4-5-9-16/h2-3,6-7,18H,4-5,8-12H2,1H3,(H,17,19). The average Bonchev–Trinajstić information content (AvgIpc) is 2.94. The fourth-order valence-electron chi connectivity index (χ4n) is 2.71. The van der Waals surface area contributed by atoms with E-state index < -0.39 is 0 Å². The lowest BCUT2D eigenvalue weighted by molar-refractivity contribution is -0.123. The average molecular weight is 277 g/mol. The van der Waals surface area contributed by atoms with Crippen molar-refractivity contribution in [3.8, 4) is 5.75 Å². The van der Waals surface area contributed by atoms with Crippen molar-refractivity contribution in [2.75, 3.05) is 19.8 Å². The molecular formula is C16H23NO3. The number of hydrogen-bond donors (Lipinski definition) is 2.